The SMILES string of the molecule is CCNC(=NCC(O)c1ccncc1)N1CCN(Cc2ccccc2)CC1.I. The summed E-state index contributed by atoms with van der Waals surface area (Å²) in [5, 5.41) is 13.7. The number of hydrogen-bond donors (Lipinski definition) is 2. The number of guanidine groups is 1. The lowest BCUT2D eigenvalue weighted by Crippen LogP contribution is -2.52. The Morgan fingerprint density at radius 3 is 2.43 bits per heavy atom. The number of piperazine rings is 1. The van der Waals surface area contributed by atoms with Gasteiger partial charge in [-0.25, -0.2) is 0 Å². The average Bonchev–Trinajstić information content (AvgIpc) is 2.73. The van der Waals surface area contributed by atoms with Crippen LogP contribution in [0.3, 0.4) is 0 Å². The van der Waals surface area contributed by atoms with Crippen LogP contribution in [0.15, 0.2) is 59.9 Å². The fraction of sp³-hybridized carbons (Fsp3) is 0.429. The van der Waals surface area contributed by atoms with Gasteiger partial charge < -0.3 is 15.3 Å². The summed E-state index contributed by atoms with van der Waals surface area (Å²) < 4.78 is 0. The maximum absolute atomic E-state index is 10.4. The third-order valence-electron chi connectivity index (χ3n) is 4.76. The molecule has 6 nitrogen and oxygen atoms in total. The van der Waals surface area contributed by atoms with Gasteiger partial charge in [0.25, 0.3) is 0 Å². The Morgan fingerprint density at radius 2 is 1.79 bits per heavy atom. The third kappa shape index (κ3) is 6.72. The monoisotopic (exact) mass is 495 g/mol. The molecule has 1 saturated heterocycles. The highest BCUT2D eigenvalue weighted by atomic mass is 127. The van der Waals surface area contributed by atoms with Crippen molar-refractivity contribution in [1.29, 1.82) is 0 Å². The molecule has 1 unspecified atom stereocenters. The van der Waals surface area contributed by atoms with Crippen LogP contribution in [0.25, 0.3) is 0 Å². The highest BCUT2D eigenvalue weighted by Gasteiger charge is 2.20. The zero-order chi connectivity index (χ0) is 18.9. The number of benzene rings is 1. The smallest absolute Gasteiger partial charge is 0.194 e. The summed E-state index contributed by atoms with van der Waals surface area (Å²) >= 11 is 0. The molecular weight excluding hydrogens is 465 g/mol. The van der Waals surface area contributed by atoms with E-state index < -0.39 is 6.10 Å². The molecule has 3 rings (SSSR count). The van der Waals surface area contributed by atoms with Crippen LogP contribution in [0.4, 0.5) is 0 Å². The molecule has 28 heavy (non-hydrogen) atoms. The predicted molar refractivity (Wildman–Crippen MR) is 124 cm³/mol. The van der Waals surface area contributed by atoms with Crippen molar-refractivity contribution in [2.24, 2.45) is 4.99 Å². The molecule has 0 radical (unpaired) electrons. The van der Waals surface area contributed by atoms with E-state index in [1.54, 1.807) is 12.4 Å². The van der Waals surface area contributed by atoms with Crippen LogP contribution in [0.1, 0.15) is 24.2 Å². The molecule has 1 aromatic carbocycles. The molecule has 152 valence electrons. The highest BCUT2D eigenvalue weighted by molar-refractivity contribution is 14.0. The van der Waals surface area contributed by atoms with E-state index in [9.17, 15) is 5.11 Å². The van der Waals surface area contributed by atoms with Gasteiger partial charge in [-0.2, -0.15) is 0 Å². The number of hydrogen-bond acceptors (Lipinski definition) is 4. The molecular formula is C21H30IN5O. The van der Waals surface area contributed by atoms with Gasteiger partial charge in [0.2, 0.25) is 0 Å². The van der Waals surface area contributed by atoms with E-state index in [1.165, 1.54) is 5.56 Å². The Hall–Kier alpha value is -1.71. The first-order chi connectivity index (χ1) is 13.3. The first kappa shape index (κ1) is 22.6. The fourth-order valence-corrected chi connectivity index (χ4v) is 3.25. The lowest BCUT2D eigenvalue weighted by molar-refractivity contribution is 0.169. The minimum absolute atomic E-state index is 0. The Morgan fingerprint density at radius 1 is 1.11 bits per heavy atom. The number of aliphatic hydroxyl groups is 1. The van der Waals surface area contributed by atoms with E-state index in [1.807, 2.05) is 12.1 Å². The lowest BCUT2D eigenvalue weighted by atomic mass is 10.1. The maximum Gasteiger partial charge on any atom is 0.194 e. The summed E-state index contributed by atoms with van der Waals surface area (Å²) in [4.78, 5) is 13.4. The van der Waals surface area contributed by atoms with Crippen LogP contribution in [0, 0.1) is 0 Å². The van der Waals surface area contributed by atoms with Crippen LogP contribution < -0.4 is 5.32 Å². The molecule has 1 atom stereocenters. The topological polar surface area (TPSA) is 64.0 Å². The van der Waals surface area contributed by atoms with E-state index in [-0.39, 0.29) is 24.0 Å². The van der Waals surface area contributed by atoms with Gasteiger partial charge in [0.05, 0.1) is 12.6 Å². The number of nitrogens with one attached hydrogen (secondary N) is 1. The number of pyridine rings is 1. The van der Waals surface area contributed by atoms with Crippen molar-refractivity contribution in [1.82, 2.24) is 20.1 Å². The molecule has 0 bridgehead atoms. The number of aliphatic imine (C=N–C) groups is 1. The van der Waals surface area contributed by atoms with Crippen molar-refractivity contribution in [3.63, 3.8) is 0 Å². The zero-order valence-corrected chi connectivity index (χ0v) is 18.7. The summed E-state index contributed by atoms with van der Waals surface area (Å²) in [7, 11) is 0. The number of nitrogens with zero attached hydrogens (tertiary/aromatic N) is 4. The van der Waals surface area contributed by atoms with Crippen LogP contribution >= 0.6 is 24.0 Å². The number of halogens is 1. The maximum atomic E-state index is 10.4. The van der Waals surface area contributed by atoms with E-state index in [4.69, 9.17) is 0 Å². The molecule has 1 aliphatic heterocycles. The first-order valence-corrected chi connectivity index (χ1v) is 9.64. The third-order valence-corrected chi connectivity index (χ3v) is 4.76. The molecule has 0 spiro atoms. The van der Waals surface area contributed by atoms with Gasteiger partial charge in [0.1, 0.15) is 0 Å². The molecule has 1 aliphatic rings. The summed E-state index contributed by atoms with van der Waals surface area (Å²) in [6.07, 6.45) is 2.78. The Labute approximate surface area is 184 Å². The standard InChI is InChI=1S/C21H29N5O.HI/c1-2-23-21(24-16-20(27)19-8-10-22-11-9-19)26-14-12-25(13-15-26)17-18-6-4-3-5-7-18;/h3-11,20,27H,2,12-17H2,1H3,(H,23,24);1H. The Balaban J connectivity index is 0.00000280. The molecule has 1 aromatic heterocycles. The van der Waals surface area contributed by atoms with Crippen molar-refractivity contribution in [3.8, 4) is 0 Å². The fourth-order valence-electron chi connectivity index (χ4n) is 3.25. The predicted octanol–water partition coefficient (Wildman–Crippen LogP) is 2.52. The molecule has 2 N–H and O–H groups in total. The normalized spacial score (nSPS) is 16.4. The molecule has 7 heteroatoms. The van der Waals surface area contributed by atoms with Gasteiger partial charge in [-0.05, 0) is 30.2 Å². The van der Waals surface area contributed by atoms with Crippen molar-refractivity contribution in [2.45, 2.75) is 19.6 Å². The van der Waals surface area contributed by atoms with Crippen molar-refractivity contribution < 1.29 is 5.11 Å². The van der Waals surface area contributed by atoms with Gasteiger partial charge in [0, 0.05) is 51.7 Å². The summed E-state index contributed by atoms with van der Waals surface area (Å²) in [6.45, 7) is 8.10. The number of aromatic nitrogens is 1. The molecule has 0 aliphatic carbocycles. The summed E-state index contributed by atoms with van der Waals surface area (Å²) in [5.41, 5.74) is 2.20. The minimum atomic E-state index is -0.610. The van der Waals surface area contributed by atoms with Gasteiger partial charge >= 0.3 is 0 Å². The second-order valence-corrected chi connectivity index (χ2v) is 6.74. The average molecular weight is 495 g/mol. The van der Waals surface area contributed by atoms with Gasteiger partial charge in [-0.1, -0.05) is 30.3 Å². The van der Waals surface area contributed by atoms with E-state index in [2.05, 4.69) is 62.3 Å². The van der Waals surface area contributed by atoms with Crippen molar-refractivity contribution in [3.05, 3.63) is 66.0 Å². The molecule has 2 heterocycles. The van der Waals surface area contributed by atoms with E-state index >= 15 is 0 Å². The van der Waals surface area contributed by atoms with Crippen LogP contribution in [-0.2, 0) is 6.54 Å². The Kier molecular flexibility index (Phi) is 9.66. The van der Waals surface area contributed by atoms with E-state index in [0.717, 1.165) is 50.8 Å². The quantitative estimate of drug-likeness (QED) is 0.367. The Bertz CT molecular complexity index is 705. The second-order valence-electron chi connectivity index (χ2n) is 6.74. The highest BCUT2D eigenvalue weighted by Crippen LogP contribution is 2.12. The van der Waals surface area contributed by atoms with Crippen LogP contribution in [0.2, 0.25) is 0 Å². The van der Waals surface area contributed by atoms with Gasteiger partial charge in [-0.3, -0.25) is 14.9 Å². The largest absolute Gasteiger partial charge is 0.386 e. The van der Waals surface area contributed by atoms with Gasteiger partial charge in [0.15, 0.2) is 5.96 Å². The zero-order valence-electron chi connectivity index (χ0n) is 16.4. The lowest BCUT2D eigenvalue weighted by Gasteiger charge is -2.36. The second kappa shape index (κ2) is 12.0. The van der Waals surface area contributed by atoms with E-state index in [0.29, 0.717) is 6.54 Å². The number of aliphatic hydroxyl groups excluding tert-OH is 1. The molecule has 1 fully saturated rings. The summed E-state index contributed by atoms with van der Waals surface area (Å²) in [5.74, 6) is 0.880. The first-order valence-electron chi connectivity index (χ1n) is 9.64. The van der Waals surface area contributed by atoms with Gasteiger partial charge in [-0.15, -0.1) is 24.0 Å². The number of rotatable bonds is 6. The van der Waals surface area contributed by atoms with Crippen LogP contribution in [-0.4, -0.2) is 65.1 Å². The van der Waals surface area contributed by atoms with Crippen molar-refractivity contribution in [2.75, 3.05) is 39.3 Å². The molecule has 0 amide bonds. The molecule has 2 aromatic rings. The van der Waals surface area contributed by atoms with Crippen molar-refractivity contribution >= 4 is 29.9 Å². The minimum Gasteiger partial charge on any atom is -0.386 e. The van der Waals surface area contributed by atoms with Crippen LogP contribution in [0.5, 0.6) is 0 Å². The summed E-state index contributed by atoms with van der Waals surface area (Å²) in [6, 6.07) is 14.3. The molecule has 0 saturated carbocycles.